The Morgan fingerprint density at radius 3 is 2.13 bits per heavy atom. The predicted molar refractivity (Wildman–Crippen MR) is 68.1 cm³/mol. The van der Waals surface area contributed by atoms with E-state index in [-0.39, 0.29) is 5.54 Å². The molecule has 0 aromatic rings. The second-order valence-electron chi connectivity index (χ2n) is 4.73. The maximum Gasteiger partial charge on any atom is 0.0299 e. The summed E-state index contributed by atoms with van der Waals surface area (Å²) >= 11 is 0. The first kappa shape index (κ1) is 14.9. The second-order valence-corrected chi connectivity index (χ2v) is 4.73. The zero-order valence-corrected chi connectivity index (χ0v) is 11.1. The van der Waals surface area contributed by atoms with Gasteiger partial charge in [-0.25, -0.2) is 0 Å². The third-order valence-electron chi connectivity index (χ3n) is 3.55. The second kappa shape index (κ2) is 7.20. The van der Waals surface area contributed by atoms with E-state index in [1.807, 2.05) is 0 Å². The Morgan fingerprint density at radius 2 is 1.80 bits per heavy atom. The summed E-state index contributed by atoms with van der Waals surface area (Å²) in [5.41, 5.74) is 5.89. The molecular weight excluding hydrogens is 186 g/mol. The maximum absolute atomic E-state index is 5.81. The summed E-state index contributed by atoms with van der Waals surface area (Å²) in [7, 11) is 0. The highest BCUT2D eigenvalue weighted by molar-refractivity contribution is 4.87. The molecule has 1 atom stereocenters. The van der Waals surface area contributed by atoms with Crippen molar-refractivity contribution in [1.82, 2.24) is 10.2 Å². The van der Waals surface area contributed by atoms with Crippen LogP contribution >= 0.6 is 0 Å². The van der Waals surface area contributed by atoms with E-state index in [9.17, 15) is 0 Å². The van der Waals surface area contributed by atoms with Crippen molar-refractivity contribution in [3.05, 3.63) is 0 Å². The summed E-state index contributed by atoms with van der Waals surface area (Å²) in [6.45, 7) is 16.1. The molecule has 3 heteroatoms. The van der Waals surface area contributed by atoms with Crippen molar-refractivity contribution in [2.75, 3.05) is 32.7 Å². The van der Waals surface area contributed by atoms with Gasteiger partial charge >= 0.3 is 0 Å². The molecule has 0 bridgehead atoms. The van der Waals surface area contributed by atoms with E-state index in [0.29, 0.717) is 12.5 Å². The third-order valence-corrected chi connectivity index (χ3v) is 3.55. The topological polar surface area (TPSA) is 41.3 Å². The largest absolute Gasteiger partial charge is 0.329 e. The molecule has 92 valence electrons. The molecule has 0 spiro atoms. The minimum absolute atomic E-state index is 0.0765. The molecule has 0 saturated heterocycles. The van der Waals surface area contributed by atoms with Crippen LogP contribution in [0.4, 0.5) is 0 Å². The molecule has 0 aromatic carbocycles. The summed E-state index contributed by atoms with van der Waals surface area (Å²) < 4.78 is 0. The average Bonchev–Trinajstić information content (AvgIpc) is 2.23. The van der Waals surface area contributed by atoms with E-state index in [4.69, 9.17) is 5.73 Å². The molecule has 1 unspecified atom stereocenters. The summed E-state index contributed by atoms with van der Waals surface area (Å²) in [5.74, 6) is 0.569. The Labute approximate surface area is 95.4 Å². The van der Waals surface area contributed by atoms with E-state index >= 15 is 0 Å². The van der Waals surface area contributed by atoms with Crippen LogP contribution in [-0.2, 0) is 0 Å². The van der Waals surface area contributed by atoms with Gasteiger partial charge in [-0.3, -0.25) is 0 Å². The van der Waals surface area contributed by atoms with Crippen LogP contribution in [0.1, 0.15) is 34.6 Å². The fraction of sp³-hybridized carbons (Fsp3) is 1.00. The molecular formula is C12H29N3. The number of likely N-dealkylation sites (N-methyl/N-ethyl adjacent to an activating group) is 1. The molecule has 0 rings (SSSR count). The maximum atomic E-state index is 5.81. The summed E-state index contributed by atoms with van der Waals surface area (Å²) in [4.78, 5) is 2.42. The van der Waals surface area contributed by atoms with Crippen molar-refractivity contribution in [2.24, 2.45) is 11.7 Å². The van der Waals surface area contributed by atoms with Gasteiger partial charge in [0.2, 0.25) is 0 Å². The number of rotatable bonds is 8. The molecule has 0 aromatic heterocycles. The van der Waals surface area contributed by atoms with E-state index in [0.717, 1.165) is 26.2 Å². The lowest BCUT2D eigenvalue weighted by Crippen LogP contribution is -2.54. The fourth-order valence-corrected chi connectivity index (χ4v) is 1.55. The lowest BCUT2D eigenvalue weighted by Gasteiger charge is -2.34. The van der Waals surface area contributed by atoms with Gasteiger partial charge in [0.25, 0.3) is 0 Å². The summed E-state index contributed by atoms with van der Waals surface area (Å²) in [6, 6.07) is 0. The van der Waals surface area contributed by atoms with Gasteiger partial charge in [0.05, 0.1) is 0 Å². The molecule has 0 aliphatic rings. The first-order chi connectivity index (χ1) is 7.00. The van der Waals surface area contributed by atoms with Crippen molar-refractivity contribution < 1.29 is 0 Å². The van der Waals surface area contributed by atoms with Crippen molar-refractivity contribution >= 4 is 0 Å². The number of nitrogens with one attached hydrogen (secondary N) is 1. The number of hydrogen-bond acceptors (Lipinski definition) is 3. The average molecular weight is 215 g/mol. The van der Waals surface area contributed by atoms with Crippen LogP contribution in [0.3, 0.4) is 0 Å². The van der Waals surface area contributed by atoms with Crippen LogP contribution in [0, 0.1) is 5.92 Å². The Balaban J connectivity index is 3.91. The van der Waals surface area contributed by atoms with Crippen LogP contribution in [0.25, 0.3) is 0 Å². The molecule has 0 fully saturated rings. The zero-order valence-electron chi connectivity index (χ0n) is 11.1. The highest BCUT2D eigenvalue weighted by Gasteiger charge is 2.25. The Bertz CT molecular complexity index is 155. The molecule has 0 saturated carbocycles. The van der Waals surface area contributed by atoms with Gasteiger partial charge in [0.15, 0.2) is 0 Å². The van der Waals surface area contributed by atoms with Gasteiger partial charge in [-0.1, -0.05) is 27.7 Å². The van der Waals surface area contributed by atoms with Crippen LogP contribution in [0.2, 0.25) is 0 Å². The molecule has 3 nitrogen and oxygen atoms in total. The molecule has 3 N–H and O–H groups in total. The molecule has 0 heterocycles. The molecule has 0 aliphatic heterocycles. The van der Waals surface area contributed by atoms with Crippen LogP contribution in [-0.4, -0.2) is 43.2 Å². The molecule has 0 radical (unpaired) electrons. The van der Waals surface area contributed by atoms with Gasteiger partial charge in [-0.15, -0.1) is 0 Å². The number of nitrogens with two attached hydrogens (primary N) is 1. The first-order valence-electron chi connectivity index (χ1n) is 6.17. The first-order valence-corrected chi connectivity index (χ1v) is 6.17. The van der Waals surface area contributed by atoms with Gasteiger partial charge in [-0.05, 0) is 25.9 Å². The van der Waals surface area contributed by atoms with Gasteiger partial charge in [-0.2, -0.15) is 0 Å². The zero-order chi connectivity index (χ0) is 11.9. The normalized spacial score (nSPS) is 16.0. The SMILES string of the molecule is CCN(CC)CCNC(C)(CN)C(C)C. The van der Waals surface area contributed by atoms with E-state index < -0.39 is 0 Å². The fourth-order valence-electron chi connectivity index (χ4n) is 1.55. The van der Waals surface area contributed by atoms with E-state index in [2.05, 4.69) is 44.8 Å². The smallest absolute Gasteiger partial charge is 0.0299 e. The molecule has 0 amide bonds. The van der Waals surface area contributed by atoms with Crippen LogP contribution in [0.5, 0.6) is 0 Å². The van der Waals surface area contributed by atoms with E-state index in [1.165, 1.54) is 0 Å². The van der Waals surface area contributed by atoms with Crippen molar-refractivity contribution in [1.29, 1.82) is 0 Å². The lowest BCUT2D eigenvalue weighted by molar-refractivity contribution is 0.238. The predicted octanol–water partition coefficient (Wildman–Crippen LogP) is 1.29. The van der Waals surface area contributed by atoms with Crippen LogP contribution < -0.4 is 11.1 Å². The molecule has 0 aliphatic carbocycles. The van der Waals surface area contributed by atoms with E-state index in [1.54, 1.807) is 0 Å². The number of hydrogen-bond donors (Lipinski definition) is 2. The van der Waals surface area contributed by atoms with Gasteiger partial charge in [0, 0.05) is 25.2 Å². The minimum atomic E-state index is 0.0765. The van der Waals surface area contributed by atoms with Crippen molar-refractivity contribution in [2.45, 2.75) is 40.2 Å². The quantitative estimate of drug-likeness (QED) is 0.641. The lowest BCUT2D eigenvalue weighted by atomic mass is 9.88. The van der Waals surface area contributed by atoms with Crippen molar-refractivity contribution in [3.63, 3.8) is 0 Å². The number of nitrogens with zero attached hydrogens (tertiary/aromatic N) is 1. The van der Waals surface area contributed by atoms with Gasteiger partial charge < -0.3 is 16.0 Å². The van der Waals surface area contributed by atoms with Gasteiger partial charge in [0.1, 0.15) is 0 Å². The summed E-state index contributed by atoms with van der Waals surface area (Å²) in [5, 5.41) is 3.58. The minimum Gasteiger partial charge on any atom is -0.329 e. The van der Waals surface area contributed by atoms with Crippen LogP contribution in [0.15, 0.2) is 0 Å². The monoisotopic (exact) mass is 215 g/mol. The standard InChI is InChI=1S/C12H29N3/c1-6-15(7-2)9-8-14-12(5,10-13)11(3)4/h11,14H,6-10,13H2,1-5H3. The Kier molecular flexibility index (Phi) is 7.14. The summed E-state index contributed by atoms with van der Waals surface area (Å²) in [6.07, 6.45) is 0. The Morgan fingerprint density at radius 1 is 1.27 bits per heavy atom. The van der Waals surface area contributed by atoms with Crippen molar-refractivity contribution in [3.8, 4) is 0 Å². The third kappa shape index (κ3) is 4.96. The Hall–Kier alpha value is -0.120. The highest BCUT2D eigenvalue weighted by atomic mass is 15.1. The highest BCUT2D eigenvalue weighted by Crippen LogP contribution is 2.14. The molecule has 15 heavy (non-hydrogen) atoms.